The zero-order valence-electron chi connectivity index (χ0n) is 11.6. The van der Waals surface area contributed by atoms with Gasteiger partial charge < -0.3 is 16.2 Å². The van der Waals surface area contributed by atoms with Gasteiger partial charge in [-0.25, -0.2) is 0 Å². The molecule has 0 aliphatic heterocycles. The number of carbonyl (C=O) groups excluding carboxylic acids is 2. The summed E-state index contributed by atoms with van der Waals surface area (Å²) in [5.41, 5.74) is 6.35. The number of primary amides is 1. The summed E-state index contributed by atoms with van der Waals surface area (Å²) >= 11 is 5.97. The van der Waals surface area contributed by atoms with Crippen LogP contribution < -0.4 is 11.1 Å². The molecular weight excluding hydrogens is 304 g/mol. The highest BCUT2D eigenvalue weighted by Gasteiger charge is 2.14. The van der Waals surface area contributed by atoms with Crippen molar-refractivity contribution in [2.24, 2.45) is 5.73 Å². The summed E-state index contributed by atoms with van der Waals surface area (Å²) in [6, 6.07) is 13.2. The van der Waals surface area contributed by atoms with Gasteiger partial charge in [-0.2, -0.15) is 0 Å². The summed E-state index contributed by atoms with van der Waals surface area (Å²) in [6.07, 6.45) is -1.04. The van der Waals surface area contributed by atoms with Crippen molar-refractivity contribution < 1.29 is 14.7 Å². The van der Waals surface area contributed by atoms with Gasteiger partial charge in [-0.1, -0.05) is 41.9 Å². The lowest BCUT2D eigenvalue weighted by molar-refractivity contribution is -0.118. The van der Waals surface area contributed by atoms with Crippen LogP contribution in [0.15, 0.2) is 48.5 Å². The molecule has 22 heavy (non-hydrogen) atoms. The van der Waals surface area contributed by atoms with Gasteiger partial charge in [0.25, 0.3) is 0 Å². The van der Waals surface area contributed by atoms with Crippen LogP contribution in [0.1, 0.15) is 28.4 Å². The molecule has 2 rings (SSSR count). The fourth-order valence-electron chi connectivity index (χ4n) is 1.94. The molecule has 0 fully saturated rings. The number of benzene rings is 2. The zero-order valence-corrected chi connectivity index (χ0v) is 12.4. The monoisotopic (exact) mass is 318 g/mol. The van der Waals surface area contributed by atoms with Crippen LogP contribution in [0, 0.1) is 0 Å². The Morgan fingerprint density at radius 1 is 1.18 bits per heavy atom. The third kappa shape index (κ3) is 4.07. The molecule has 0 saturated carbocycles. The van der Waals surface area contributed by atoms with Crippen LogP contribution in [0.3, 0.4) is 0 Å². The molecule has 114 valence electrons. The van der Waals surface area contributed by atoms with Gasteiger partial charge in [0.2, 0.25) is 11.8 Å². The summed E-state index contributed by atoms with van der Waals surface area (Å²) < 4.78 is 0. The molecule has 1 atom stereocenters. The topological polar surface area (TPSA) is 92.4 Å². The van der Waals surface area contributed by atoms with Gasteiger partial charge in [0, 0.05) is 5.56 Å². The number of halogens is 1. The van der Waals surface area contributed by atoms with Crippen LogP contribution in [-0.4, -0.2) is 16.9 Å². The predicted octanol–water partition coefficient (Wildman–Crippen LogP) is 2.50. The van der Waals surface area contributed by atoms with E-state index in [-0.39, 0.29) is 22.7 Å². The Morgan fingerprint density at radius 3 is 2.50 bits per heavy atom. The van der Waals surface area contributed by atoms with Crippen LogP contribution in [-0.2, 0) is 4.79 Å². The molecule has 2 aromatic carbocycles. The average Bonchev–Trinajstić information content (AvgIpc) is 2.50. The molecule has 4 N–H and O–H groups in total. The summed E-state index contributed by atoms with van der Waals surface area (Å²) in [7, 11) is 0. The number of rotatable bonds is 5. The van der Waals surface area contributed by atoms with E-state index in [1.165, 1.54) is 18.2 Å². The molecule has 6 heteroatoms. The van der Waals surface area contributed by atoms with Gasteiger partial charge in [0.15, 0.2) is 0 Å². The minimum atomic E-state index is -0.917. The molecule has 0 radical (unpaired) electrons. The second-order valence-electron chi connectivity index (χ2n) is 4.74. The standard InChI is InChI=1S/C16H15ClN2O3/c17-12-7-6-11(16(18)22)8-13(12)19-15(21)9-14(20)10-4-2-1-3-5-10/h1-8,14,20H,9H2,(H2,18,22)(H,19,21). The molecule has 0 aromatic heterocycles. The maximum Gasteiger partial charge on any atom is 0.248 e. The van der Waals surface area contributed by atoms with Gasteiger partial charge in [0.1, 0.15) is 0 Å². The number of amides is 2. The number of hydrogen-bond acceptors (Lipinski definition) is 3. The van der Waals surface area contributed by atoms with Crippen molar-refractivity contribution in [3.05, 3.63) is 64.7 Å². The second kappa shape index (κ2) is 7.06. The highest BCUT2D eigenvalue weighted by Crippen LogP contribution is 2.24. The number of aliphatic hydroxyl groups is 1. The highest BCUT2D eigenvalue weighted by molar-refractivity contribution is 6.33. The first-order chi connectivity index (χ1) is 10.5. The van der Waals surface area contributed by atoms with Crippen molar-refractivity contribution in [3.63, 3.8) is 0 Å². The lowest BCUT2D eigenvalue weighted by atomic mass is 10.1. The average molecular weight is 319 g/mol. The number of nitrogens with one attached hydrogen (secondary N) is 1. The van der Waals surface area contributed by atoms with Crippen molar-refractivity contribution in [1.29, 1.82) is 0 Å². The number of hydrogen-bond donors (Lipinski definition) is 3. The Balaban J connectivity index is 2.06. The Bertz CT molecular complexity index is 689. The van der Waals surface area contributed by atoms with Gasteiger partial charge in [-0.3, -0.25) is 9.59 Å². The number of nitrogens with two attached hydrogens (primary N) is 1. The third-order valence-electron chi connectivity index (χ3n) is 3.09. The largest absolute Gasteiger partial charge is 0.388 e. The first-order valence-corrected chi connectivity index (χ1v) is 6.97. The van der Waals surface area contributed by atoms with E-state index in [9.17, 15) is 14.7 Å². The van der Waals surface area contributed by atoms with Crippen molar-refractivity contribution in [1.82, 2.24) is 0 Å². The summed E-state index contributed by atoms with van der Waals surface area (Å²) in [6.45, 7) is 0. The molecular formula is C16H15ClN2O3. The van der Waals surface area contributed by atoms with E-state index in [1.54, 1.807) is 24.3 Å². The maximum atomic E-state index is 12.0. The quantitative estimate of drug-likeness (QED) is 0.790. The molecule has 0 heterocycles. The molecule has 5 nitrogen and oxygen atoms in total. The molecule has 0 saturated heterocycles. The molecule has 2 amide bonds. The van der Waals surface area contributed by atoms with E-state index < -0.39 is 17.9 Å². The summed E-state index contributed by atoms with van der Waals surface area (Å²) in [5, 5.41) is 12.9. The van der Waals surface area contributed by atoms with Crippen LogP contribution in [0.4, 0.5) is 5.69 Å². The van der Waals surface area contributed by atoms with Gasteiger partial charge in [-0.05, 0) is 23.8 Å². The number of aliphatic hydroxyl groups excluding tert-OH is 1. The fourth-order valence-corrected chi connectivity index (χ4v) is 2.11. The molecule has 0 aliphatic carbocycles. The van der Waals surface area contributed by atoms with Crippen molar-refractivity contribution in [2.45, 2.75) is 12.5 Å². The number of anilines is 1. The zero-order chi connectivity index (χ0) is 16.1. The Kier molecular flexibility index (Phi) is 5.14. The van der Waals surface area contributed by atoms with Gasteiger partial charge >= 0.3 is 0 Å². The molecule has 1 unspecified atom stereocenters. The normalized spacial score (nSPS) is 11.7. The van der Waals surface area contributed by atoms with E-state index in [0.29, 0.717) is 5.56 Å². The Morgan fingerprint density at radius 2 is 1.86 bits per heavy atom. The molecule has 2 aromatic rings. The van der Waals surface area contributed by atoms with Gasteiger partial charge in [0.05, 0.1) is 23.2 Å². The Labute approximate surface area is 132 Å². The maximum absolute atomic E-state index is 12.0. The first-order valence-electron chi connectivity index (χ1n) is 6.59. The molecule has 0 aliphatic rings. The van der Waals surface area contributed by atoms with E-state index in [2.05, 4.69) is 5.32 Å². The smallest absolute Gasteiger partial charge is 0.248 e. The summed E-state index contributed by atoms with van der Waals surface area (Å²) in [4.78, 5) is 23.1. The van der Waals surface area contributed by atoms with Crippen molar-refractivity contribution in [2.75, 3.05) is 5.32 Å². The fraction of sp³-hybridized carbons (Fsp3) is 0.125. The first kappa shape index (κ1) is 16.0. The van der Waals surface area contributed by atoms with Crippen LogP contribution in [0.25, 0.3) is 0 Å². The minimum absolute atomic E-state index is 0.124. The highest BCUT2D eigenvalue weighted by atomic mass is 35.5. The van der Waals surface area contributed by atoms with Crippen LogP contribution in [0.5, 0.6) is 0 Å². The van der Waals surface area contributed by atoms with E-state index in [1.807, 2.05) is 6.07 Å². The molecule has 0 spiro atoms. The van der Waals surface area contributed by atoms with Crippen LogP contribution >= 0.6 is 11.6 Å². The lowest BCUT2D eigenvalue weighted by Crippen LogP contribution is -2.17. The Hall–Kier alpha value is -2.37. The second-order valence-corrected chi connectivity index (χ2v) is 5.14. The third-order valence-corrected chi connectivity index (χ3v) is 3.42. The lowest BCUT2D eigenvalue weighted by Gasteiger charge is -2.12. The number of carbonyl (C=O) groups is 2. The van der Waals surface area contributed by atoms with E-state index in [4.69, 9.17) is 17.3 Å². The minimum Gasteiger partial charge on any atom is -0.388 e. The predicted molar refractivity (Wildman–Crippen MR) is 84.6 cm³/mol. The molecule has 0 bridgehead atoms. The summed E-state index contributed by atoms with van der Waals surface area (Å²) in [5.74, 6) is -1.03. The van der Waals surface area contributed by atoms with Crippen LogP contribution in [0.2, 0.25) is 5.02 Å². The van der Waals surface area contributed by atoms with E-state index in [0.717, 1.165) is 0 Å². The van der Waals surface area contributed by atoms with Crippen molar-refractivity contribution in [3.8, 4) is 0 Å². The van der Waals surface area contributed by atoms with Gasteiger partial charge in [-0.15, -0.1) is 0 Å². The van der Waals surface area contributed by atoms with Crippen molar-refractivity contribution >= 4 is 29.1 Å². The van der Waals surface area contributed by atoms with E-state index >= 15 is 0 Å². The SMILES string of the molecule is NC(=O)c1ccc(Cl)c(NC(=O)CC(O)c2ccccc2)c1.